The van der Waals surface area contributed by atoms with E-state index in [0.717, 1.165) is 6.42 Å². The van der Waals surface area contributed by atoms with Gasteiger partial charge in [-0.2, -0.15) is 0 Å². The second-order valence-electron chi connectivity index (χ2n) is 6.03. The maximum absolute atomic E-state index is 12.4. The van der Waals surface area contributed by atoms with Crippen LogP contribution in [0.5, 0.6) is 0 Å². The number of nitrogens with zero attached hydrogens (tertiary/aromatic N) is 2. The molecule has 134 valence electrons. The monoisotopic (exact) mass is 367 g/mol. The van der Waals surface area contributed by atoms with Crippen molar-refractivity contribution in [3.8, 4) is 0 Å². The molecule has 0 aliphatic carbocycles. The normalized spacial score (nSPS) is 10.8. The van der Waals surface area contributed by atoms with Crippen molar-refractivity contribution in [2.45, 2.75) is 24.8 Å². The van der Waals surface area contributed by atoms with Gasteiger partial charge in [-0.15, -0.1) is 11.8 Å². The van der Waals surface area contributed by atoms with Crippen LogP contribution in [0.4, 0.5) is 0 Å². The van der Waals surface area contributed by atoms with Crippen LogP contribution in [0.1, 0.15) is 11.3 Å². The predicted octanol–water partition coefficient (Wildman–Crippen LogP) is 2.79. The molecule has 0 aliphatic heterocycles. The molecule has 0 aliphatic rings. The maximum Gasteiger partial charge on any atom is 0.272 e. The summed E-state index contributed by atoms with van der Waals surface area (Å²) >= 11 is 1.70. The molecule has 0 bridgehead atoms. The fraction of sp³-hybridized carbons (Fsp3) is 0.250. The molecule has 0 saturated heterocycles. The Hall–Kier alpha value is -2.60. The van der Waals surface area contributed by atoms with Crippen molar-refractivity contribution >= 4 is 28.7 Å². The molecule has 0 spiro atoms. The van der Waals surface area contributed by atoms with Crippen LogP contribution in [0.3, 0.4) is 0 Å². The Kier molecular flexibility index (Phi) is 5.73. The molecular weight excluding hydrogens is 346 g/mol. The van der Waals surface area contributed by atoms with Gasteiger partial charge in [-0.3, -0.25) is 14.2 Å². The summed E-state index contributed by atoms with van der Waals surface area (Å²) in [5, 5.41) is 2.90. The van der Waals surface area contributed by atoms with Crippen molar-refractivity contribution < 1.29 is 4.79 Å². The Morgan fingerprint density at radius 1 is 1.15 bits per heavy atom. The fourth-order valence-electron chi connectivity index (χ4n) is 2.82. The molecule has 3 rings (SSSR count). The van der Waals surface area contributed by atoms with Crippen LogP contribution in [0, 0.1) is 6.92 Å². The average molecular weight is 367 g/mol. The summed E-state index contributed by atoms with van der Waals surface area (Å²) < 4.78 is 1.49. The summed E-state index contributed by atoms with van der Waals surface area (Å²) in [4.78, 5) is 30.2. The molecule has 6 heteroatoms. The van der Waals surface area contributed by atoms with Crippen LogP contribution in [-0.2, 0) is 17.8 Å². The third kappa shape index (κ3) is 4.14. The lowest BCUT2D eigenvalue weighted by atomic mass is 10.1. The number of aryl methyl sites for hydroxylation is 1. The smallest absolute Gasteiger partial charge is 0.272 e. The van der Waals surface area contributed by atoms with E-state index in [4.69, 9.17) is 0 Å². The standard InChI is InChI=1S/C20H21N3O2S/c1-14-20(25)23(18-6-4-3-5-17(18)22-14)13-19(24)21-12-11-15-7-9-16(26-2)10-8-15/h3-10H,11-13H2,1-2H3,(H,21,24). The number of hydrogen-bond donors (Lipinski definition) is 1. The van der Waals surface area contributed by atoms with Gasteiger partial charge >= 0.3 is 0 Å². The van der Waals surface area contributed by atoms with Crippen molar-refractivity contribution in [2.24, 2.45) is 0 Å². The number of aromatic nitrogens is 2. The lowest BCUT2D eigenvalue weighted by molar-refractivity contribution is -0.121. The van der Waals surface area contributed by atoms with Gasteiger partial charge in [-0.05, 0) is 49.4 Å². The van der Waals surface area contributed by atoms with Crippen molar-refractivity contribution in [3.63, 3.8) is 0 Å². The molecule has 1 N–H and O–H groups in total. The first kappa shape index (κ1) is 18.2. The number of benzene rings is 2. The number of nitrogens with one attached hydrogen (secondary N) is 1. The largest absolute Gasteiger partial charge is 0.354 e. The number of amides is 1. The second kappa shape index (κ2) is 8.19. The van der Waals surface area contributed by atoms with Gasteiger partial charge in [0.05, 0.1) is 11.0 Å². The van der Waals surface area contributed by atoms with E-state index in [1.165, 1.54) is 15.0 Å². The topological polar surface area (TPSA) is 64.0 Å². The van der Waals surface area contributed by atoms with Gasteiger partial charge in [0.1, 0.15) is 12.2 Å². The zero-order valence-electron chi connectivity index (χ0n) is 14.9. The van der Waals surface area contributed by atoms with Gasteiger partial charge in [-0.1, -0.05) is 24.3 Å². The van der Waals surface area contributed by atoms with Crippen LogP contribution in [0.15, 0.2) is 58.2 Å². The first-order valence-corrected chi connectivity index (χ1v) is 9.67. The molecule has 1 heterocycles. The molecule has 0 radical (unpaired) electrons. The number of carbonyl (C=O) groups is 1. The van der Waals surface area contributed by atoms with Crippen molar-refractivity contribution in [2.75, 3.05) is 12.8 Å². The number of fused-ring (bicyclic) bond motifs is 1. The molecule has 5 nitrogen and oxygen atoms in total. The molecule has 1 aromatic heterocycles. The van der Waals surface area contributed by atoms with E-state index in [9.17, 15) is 9.59 Å². The summed E-state index contributed by atoms with van der Waals surface area (Å²) in [7, 11) is 0. The number of rotatable bonds is 6. The summed E-state index contributed by atoms with van der Waals surface area (Å²) in [5.74, 6) is -0.177. The maximum atomic E-state index is 12.4. The van der Waals surface area contributed by atoms with Crippen molar-refractivity contribution in [1.82, 2.24) is 14.9 Å². The van der Waals surface area contributed by atoms with E-state index in [1.54, 1.807) is 18.7 Å². The van der Waals surface area contributed by atoms with E-state index in [2.05, 4.69) is 34.6 Å². The van der Waals surface area contributed by atoms with Crippen LogP contribution < -0.4 is 10.9 Å². The second-order valence-corrected chi connectivity index (χ2v) is 6.90. The molecule has 1 amide bonds. The first-order chi connectivity index (χ1) is 12.6. The lowest BCUT2D eigenvalue weighted by Gasteiger charge is -2.11. The minimum absolute atomic E-state index is 0.00583. The van der Waals surface area contributed by atoms with Gasteiger partial charge in [-0.25, -0.2) is 4.98 Å². The van der Waals surface area contributed by atoms with E-state index in [-0.39, 0.29) is 18.0 Å². The number of hydrogen-bond acceptors (Lipinski definition) is 4. The average Bonchev–Trinajstić information content (AvgIpc) is 2.66. The molecule has 3 aromatic rings. The Bertz CT molecular complexity index is 981. The molecular formula is C20H21N3O2S. The van der Waals surface area contributed by atoms with Crippen molar-refractivity contribution in [3.05, 3.63) is 70.1 Å². The Labute approximate surface area is 156 Å². The van der Waals surface area contributed by atoms with Gasteiger partial charge in [0.15, 0.2) is 0 Å². The molecule has 2 aromatic carbocycles. The summed E-state index contributed by atoms with van der Waals surface area (Å²) in [6.45, 7) is 2.20. The van der Waals surface area contributed by atoms with E-state index >= 15 is 0 Å². The fourth-order valence-corrected chi connectivity index (χ4v) is 3.22. The van der Waals surface area contributed by atoms with Crippen LogP contribution >= 0.6 is 11.8 Å². The minimum atomic E-state index is -0.230. The van der Waals surface area contributed by atoms with Crippen LogP contribution in [-0.4, -0.2) is 28.3 Å². The zero-order chi connectivity index (χ0) is 18.5. The number of carbonyl (C=O) groups excluding carboxylic acids is 1. The Morgan fingerprint density at radius 2 is 1.88 bits per heavy atom. The van der Waals surface area contributed by atoms with Crippen LogP contribution in [0.25, 0.3) is 11.0 Å². The summed E-state index contributed by atoms with van der Waals surface area (Å²) in [6, 6.07) is 15.7. The predicted molar refractivity (Wildman–Crippen MR) is 106 cm³/mol. The highest BCUT2D eigenvalue weighted by molar-refractivity contribution is 7.98. The number of para-hydroxylation sites is 2. The highest BCUT2D eigenvalue weighted by Crippen LogP contribution is 2.15. The Balaban J connectivity index is 1.65. The van der Waals surface area contributed by atoms with Crippen molar-refractivity contribution in [1.29, 1.82) is 0 Å². The summed E-state index contributed by atoms with van der Waals surface area (Å²) in [6.07, 6.45) is 2.80. The van der Waals surface area contributed by atoms with Gasteiger partial charge in [0.2, 0.25) is 5.91 Å². The minimum Gasteiger partial charge on any atom is -0.354 e. The zero-order valence-corrected chi connectivity index (χ0v) is 15.7. The molecule has 0 unspecified atom stereocenters. The number of thioether (sulfide) groups is 1. The van der Waals surface area contributed by atoms with Gasteiger partial charge in [0, 0.05) is 11.4 Å². The lowest BCUT2D eigenvalue weighted by Crippen LogP contribution is -2.34. The summed E-state index contributed by atoms with van der Waals surface area (Å²) in [5.41, 5.74) is 2.72. The first-order valence-electron chi connectivity index (χ1n) is 8.44. The van der Waals surface area contributed by atoms with Crippen LogP contribution in [0.2, 0.25) is 0 Å². The molecule has 0 atom stereocenters. The van der Waals surface area contributed by atoms with Gasteiger partial charge < -0.3 is 5.32 Å². The van der Waals surface area contributed by atoms with E-state index < -0.39 is 0 Å². The van der Waals surface area contributed by atoms with E-state index in [0.29, 0.717) is 23.3 Å². The van der Waals surface area contributed by atoms with E-state index in [1.807, 2.05) is 30.5 Å². The highest BCUT2D eigenvalue weighted by atomic mass is 32.2. The molecule has 0 saturated carbocycles. The molecule has 26 heavy (non-hydrogen) atoms. The van der Waals surface area contributed by atoms with Gasteiger partial charge in [0.25, 0.3) is 5.56 Å². The SMILES string of the molecule is CSc1ccc(CCNC(=O)Cn2c(=O)c(C)nc3ccccc32)cc1. The quantitative estimate of drug-likeness (QED) is 0.681. The highest BCUT2D eigenvalue weighted by Gasteiger charge is 2.11. The third-order valence-electron chi connectivity index (χ3n) is 4.21. The third-order valence-corrected chi connectivity index (χ3v) is 4.96. The molecule has 0 fully saturated rings. The Morgan fingerprint density at radius 3 is 2.62 bits per heavy atom.